The number of rotatable bonds is 4. The second kappa shape index (κ2) is 5.93. The maximum Gasteiger partial charge on any atom is 0.123 e. The van der Waals surface area contributed by atoms with Crippen molar-refractivity contribution in [1.82, 2.24) is 10.2 Å². The fraction of sp³-hybridized carbons (Fsp3) is 0.625. The number of hydrogen-bond acceptors (Lipinski definition) is 3. The van der Waals surface area contributed by atoms with Gasteiger partial charge in [0.1, 0.15) is 11.9 Å². The Morgan fingerprint density at radius 1 is 1.37 bits per heavy atom. The Labute approximate surface area is 115 Å². The Balaban J connectivity index is 1.59. The van der Waals surface area contributed by atoms with Crippen LogP contribution >= 0.6 is 0 Å². The fourth-order valence-corrected chi connectivity index (χ4v) is 3.30. The molecule has 1 N–H and O–H groups in total. The summed E-state index contributed by atoms with van der Waals surface area (Å²) in [5.41, 5.74) is 1.37. The molecule has 0 amide bonds. The number of ether oxygens (including phenoxy) is 1. The Hall–Kier alpha value is -1.06. The van der Waals surface area contributed by atoms with Crippen LogP contribution in [-0.2, 0) is 6.42 Å². The van der Waals surface area contributed by atoms with E-state index in [9.17, 15) is 0 Å². The second-order valence-electron chi connectivity index (χ2n) is 5.64. The zero-order chi connectivity index (χ0) is 13.1. The smallest absolute Gasteiger partial charge is 0.123 e. The Kier molecular flexibility index (Phi) is 4.04. The first-order chi connectivity index (χ1) is 9.36. The minimum absolute atomic E-state index is 0.333. The molecule has 0 spiro atoms. The van der Waals surface area contributed by atoms with Crippen LogP contribution in [0.15, 0.2) is 24.3 Å². The van der Waals surface area contributed by atoms with Crippen molar-refractivity contribution in [3.63, 3.8) is 0 Å². The summed E-state index contributed by atoms with van der Waals surface area (Å²) >= 11 is 0. The molecule has 3 nitrogen and oxygen atoms in total. The highest BCUT2D eigenvalue weighted by molar-refractivity contribution is 5.37. The predicted octanol–water partition coefficient (Wildman–Crippen LogP) is 2.06. The molecule has 3 rings (SSSR count). The quantitative estimate of drug-likeness (QED) is 0.897. The predicted molar refractivity (Wildman–Crippen MR) is 77.7 cm³/mol. The summed E-state index contributed by atoms with van der Waals surface area (Å²) in [6, 6.07) is 9.13. The summed E-state index contributed by atoms with van der Waals surface area (Å²) in [4.78, 5) is 2.59. The van der Waals surface area contributed by atoms with Crippen molar-refractivity contribution in [3.8, 4) is 5.75 Å². The van der Waals surface area contributed by atoms with Gasteiger partial charge in [-0.15, -0.1) is 0 Å². The Bertz CT molecular complexity index is 390. The lowest BCUT2D eigenvalue weighted by Crippen LogP contribution is -2.49. The average molecular weight is 260 g/mol. The van der Waals surface area contributed by atoms with Crippen LogP contribution in [-0.4, -0.2) is 43.2 Å². The van der Waals surface area contributed by atoms with Gasteiger partial charge in [0.25, 0.3) is 0 Å². The van der Waals surface area contributed by atoms with E-state index in [4.69, 9.17) is 4.74 Å². The lowest BCUT2D eigenvalue weighted by Gasteiger charge is -2.35. The molecular weight excluding hydrogens is 236 g/mol. The van der Waals surface area contributed by atoms with E-state index >= 15 is 0 Å². The molecule has 1 aromatic carbocycles. The van der Waals surface area contributed by atoms with E-state index in [0.29, 0.717) is 12.1 Å². The van der Waals surface area contributed by atoms with Crippen LogP contribution in [0.1, 0.15) is 25.3 Å². The highest BCUT2D eigenvalue weighted by Crippen LogP contribution is 2.28. The van der Waals surface area contributed by atoms with Gasteiger partial charge in [-0.3, -0.25) is 4.90 Å². The van der Waals surface area contributed by atoms with Gasteiger partial charge in [-0.05, 0) is 37.6 Å². The lowest BCUT2D eigenvalue weighted by atomic mass is 10.0. The first kappa shape index (κ1) is 12.9. The number of hydrogen-bond donors (Lipinski definition) is 1. The zero-order valence-corrected chi connectivity index (χ0v) is 11.8. The molecule has 2 heterocycles. The lowest BCUT2D eigenvalue weighted by molar-refractivity contribution is 0.107. The van der Waals surface area contributed by atoms with E-state index < -0.39 is 0 Å². The summed E-state index contributed by atoms with van der Waals surface area (Å²) < 4.78 is 6.07. The molecule has 2 aliphatic heterocycles. The molecule has 2 atom stereocenters. The number of nitrogens with one attached hydrogen (secondary N) is 1. The molecule has 0 aromatic heterocycles. The van der Waals surface area contributed by atoms with Crippen LogP contribution in [0.4, 0.5) is 0 Å². The number of para-hydroxylation sites is 1. The number of likely N-dealkylation sites (N-methyl/N-ethyl adjacent to an activating group) is 1. The molecule has 1 aromatic rings. The van der Waals surface area contributed by atoms with Crippen molar-refractivity contribution in [1.29, 1.82) is 0 Å². The van der Waals surface area contributed by atoms with Crippen molar-refractivity contribution in [3.05, 3.63) is 29.8 Å². The van der Waals surface area contributed by atoms with Crippen LogP contribution in [0, 0.1) is 0 Å². The highest BCUT2D eigenvalue weighted by Gasteiger charge is 2.27. The minimum Gasteiger partial charge on any atom is -0.488 e. The molecule has 0 saturated carbocycles. The third kappa shape index (κ3) is 2.93. The van der Waals surface area contributed by atoms with E-state index in [0.717, 1.165) is 31.8 Å². The normalized spacial score (nSPS) is 26.2. The molecule has 0 aliphatic carbocycles. The van der Waals surface area contributed by atoms with Gasteiger partial charge in [0.15, 0.2) is 0 Å². The standard InChI is InChI=1S/C16H24N2O/c1-2-18(14-7-5-9-17-11-14)12-15-10-13-6-3-4-8-16(13)19-15/h3-4,6,8,14-15,17H,2,5,7,9-12H2,1H3. The van der Waals surface area contributed by atoms with Gasteiger partial charge in [0.2, 0.25) is 0 Å². The molecule has 2 unspecified atom stereocenters. The summed E-state index contributed by atoms with van der Waals surface area (Å²) in [6.07, 6.45) is 4.01. The van der Waals surface area contributed by atoms with Crippen LogP contribution < -0.4 is 10.1 Å². The van der Waals surface area contributed by atoms with Gasteiger partial charge in [0.05, 0.1) is 0 Å². The van der Waals surface area contributed by atoms with Gasteiger partial charge in [-0.25, -0.2) is 0 Å². The minimum atomic E-state index is 0.333. The van der Waals surface area contributed by atoms with Crippen molar-refractivity contribution < 1.29 is 4.74 Å². The van der Waals surface area contributed by atoms with E-state index in [1.165, 1.54) is 24.9 Å². The molecule has 3 heteroatoms. The third-order valence-electron chi connectivity index (χ3n) is 4.35. The SMILES string of the molecule is CCN(CC1Cc2ccccc2O1)C1CCCNC1. The molecule has 1 fully saturated rings. The maximum atomic E-state index is 6.07. The van der Waals surface area contributed by atoms with Gasteiger partial charge >= 0.3 is 0 Å². The molecule has 2 aliphatic rings. The van der Waals surface area contributed by atoms with Crippen molar-refractivity contribution in [2.24, 2.45) is 0 Å². The van der Waals surface area contributed by atoms with Crippen LogP contribution in [0.25, 0.3) is 0 Å². The average Bonchev–Trinajstić information content (AvgIpc) is 2.88. The van der Waals surface area contributed by atoms with Crippen LogP contribution in [0.3, 0.4) is 0 Å². The highest BCUT2D eigenvalue weighted by atomic mass is 16.5. The summed E-state index contributed by atoms with van der Waals surface area (Å²) in [5, 5.41) is 3.51. The Morgan fingerprint density at radius 2 is 2.26 bits per heavy atom. The maximum absolute atomic E-state index is 6.07. The number of benzene rings is 1. The molecule has 19 heavy (non-hydrogen) atoms. The third-order valence-corrected chi connectivity index (χ3v) is 4.35. The summed E-state index contributed by atoms with van der Waals surface area (Å²) in [7, 11) is 0. The largest absolute Gasteiger partial charge is 0.488 e. The summed E-state index contributed by atoms with van der Waals surface area (Å²) in [6.45, 7) is 6.74. The van der Waals surface area contributed by atoms with E-state index in [-0.39, 0.29) is 0 Å². The van der Waals surface area contributed by atoms with E-state index in [2.05, 4.69) is 41.4 Å². The molecular formula is C16H24N2O. The molecule has 0 radical (unpaired) electrons. The summed E-state index contributed by atoms with van der Waals surface area (Å²) in [5.74, 6) is 1.09. The first-order valence-electron chi connectivity index (χ1n) is 7.56. The Morgan fingerprint density at radius 3 is 3.00 bits per heavy atom. The number of piperidine rings is 1. The first-order valence-corrected chi connectivity index (χ1v) is 7.56. The van der Waals surface area contributed by atoms with Crippen molar-refractivity contribution in [2.75, 3.05) is 26.2 Å². The molecule has 1 saturated heterocycles. The van der Waals surface area contributed by atoms with E-state index in [1.807, 2.05) is 0 Å². The molecule has 0 bridgehead atoms. The fourth-order valence-electron chi connectivity index (χ4n) is 3.30. The van der Waals surface area contributed by atoms with Crippen molar-refractivity contribution >= 4 is 0 Å². The van der Waals surface area contributed by atoms with Crippen molar-refractivity contribution in [2.45, 2.75) is 38.3 Å². The van der Waals surface area contributed by atoms with Gasteiger partial charge < -0.3 is 10.1 Å². The van der Waals surface area contributed by atoms with Gasteiger partial charge in [-0.1, -0.05) is 25.1 Å². The van der Waals surface area contributed by atoms with Crippen LogP contribution in [0.2, 0.25) is 0 Å². The topological polar surface area (TPSA) is 24.5 Å². The number of nitrogens with zero attached hydrogens (tertiary/aromatic N) is 1. The van der Waals surface area contributed by atoms with Crippen LogP contribution in [0.5, 0.6) is 5.75 Å². The van der Waals surface area contributed by atoms with Gasteiger partial charge in [-0.2, -0.15) is 0 Å². The zero-order valence-electron chi connectivity index (χ0n) is 11.8. The number of fused-ring (bicyclic) bond motifs is 1. The van der Waals surface area contributed by atoms with Gasteiger partial charge in [0, 0.05) is 25.6 Å². The second-order valence-corrected chi connectivity index (χ2v) is 5.64. The molecule has 104 valence electrons. The monoisotopic (exact) mass is 260 g/mol. The van der Waals surface area contributed by atoms with E-state index in [1.54, 1.807) is 0 Å².